The number of rotatable bonds is 6. The van der Waals surface area contributed by atoms with Gasteiger partial charge >= 0.3 is 18.0 Å². The van der Waals surface area contributed by atoms with E-state index in [9.17, 15) is 14.4 Å². The van der Waals surface area contributed by atoms with Crippen LogP contribution in [-0.2, 0) is 14.3 Å². The molecule has 0 spiro atoms. The van der Waals surface area contributed by atoms with Gasteiger partial charge in [-0.1, -0.05) is 0 Å². The topological polar surface area (TPSA) is 118 Å². The molecule has 0 aromatic carbocycles. The van der Waals surface area contributed by atoms with E-state index in [-0.39, 0.29) is 12.8 Å². The van der Waals surface area contributed by atoms with Crippen molar-refractivity contribution in [2.75, 3.05) is 12.4 Å². The van der Waals surface area contributed by atoms with Crippen molar-refractivity contribution in [1.82, 2.24) is 10.3 Å². The number of carbonyl (C=O) groups is 3. The molecular formula is C13H17N3O5. The first-order valence-corrected chi connectivity index (χ1v) is 6.22. The molecule has 1 aromatic rings. The summed E-state index contributed by atoms with van der Waals surface area (Å²) in [6, 6.07) is 1.49. The first-order valence-electron chi connectivity index (χ1n) is 6.22. The third-order valence-electron chi connectivity index (χ3n) is 2.64. The lowest BCUT2D eigenvalue weighted by atomic mass is 10.1. The number of esters is 1. The normalized spacial score (nSPS) is 11.3. The fourth-order valence-corrected chi connectivity index (χ4v) is 1.49. The summed E-state index contributed by atoms with van der Waals surface area (Å²) in [5.41, 5.74) is 1.23. The molecule has 0 aliphatic carbocycles. The summed E-state index contributed by atoms with van der Waals surface area (Å²) in [5.74, 6) is -1.76. The molecular weight excluding hydrogens is 278 g/mol. The van der Waals surface area contributed by atoms with Crippen molar-refractivity contribution >= 4 is 23.7 Å². The standard InChI is InChI=1S/C13H17N3O5/c1-8-3-4-9(7-14-8)15-13(20)16-10(12(18)19)5-6-11(17)21-2/h3-4,7,10H,5-6H2,1-2H3,(H,18,19)(H2,15,16,20)/t10-/m1/s1. The Hall–Kier alpha value is -2.64. The first-order chi connectivity index (χ1) is 9.92. The zero-order valence-electron chi connectivity index (χ0n) is 11.8. The molecule has 1 aromatic heterocycles. The summed E-state index contributed by atoms with van der Waals surface area (Å²) in [5, 5.41) is 13.7. The van der Waals surface area contributed by atoms with Crippen LogP contribution in [0.15, 0.2) is 18.3 Å². The largest absolute Gasteiger partial charge is 0.480 e. The third-order valence-corrected chi connectivity index (χ3v) is 2.64. The zero-order valence-corrected chi connectivity index (χ0v) is 11.8. The van der Waals surface area contributed by atoms with Gasteiger partial charge in [0.2, 0.25) is 0 Å². The maximum absolute atomic E-state index is 11.7. The van der Waals surface area contributed by atoms with Gasteiger partial charge in [-0.15, -0.1) is 0 Å². The van der Waals surface area contributed by atoms with Gasteiger partial charge in [-0.2, -0.15) is 0 Å². The van der Waals surface area contributed by atoms with Crippen LogP contribution in [0, 0.1) is 6.92 Å². The highest BCUT2D eigenvalue weighted by molar-refractivity contribution is 5.92. The molecule has 0 saturated carbocycles. The Morgan fingerprint density at radius 1 is 1.38 bits per heavy atom. The van der Waals surface area contributed by atoms with E-state index in [1.807, 2.05) is 0 Å². The van der Waals surface area contributed by atoms with Crippen LogP contribution in [0.25, 0.3) is 0 Å². The predicted octanol–water partition coefficient (Wildman–Crippen LogP) is 0.918. The van der Waals surface area contributed by atoms with Crippen LogP contribution in [0.3, 0.4) is 0 Å². The molecule has 0 radical (unpaired) electrons. The van der Waals surface area contributed by atoms with E-state index >= 15 is 0 Å². The Morgan fingerprint density at radius 3 is 2.62 bits per heavy atom. The quantitative estimate of drug-likeness (QED) is 0.672. The minimum atomic E-state index is -1.23. The number of pyridine rings is 1. The van der Waals surface area contributed by atoms with Gasteiger partial charge in [0.15, 0.2) is 0 Å². The summed E-state index contributed by atoms with van der Waals surface area (Å²) in [6.07, 6.45) is 1.31. The molecule has 0 aliphatic heterocycles. The number of aryl methyl sites for hydroxylation is 1. The van der Waals surface area contributed by atoms with Crippen LogP contribution in [0.5, 0.6) is 0 Å². The van der Waals surface area contributed by atoms with Crippen LogP contribution in [0.1, 0.15) is 18.5 Å². The number of carbonyl (C=O) groups excluding carboxylic acids is 2. The lowest BCUT2D eigenvalue weighted by Crippen LogP contribution is -2.43. The summed E-state index contributed by atoms with van der Waals surface area (Å²) in [6.45, 7) is 1.80. The van der Waals surface area contributed by atoms with Crippen LogP contribution in [-0.4, -0.2) is 41.2 Å². The van der Waals surface area contributed by atoms with Gasteiger partial charge < -0.3 is 20.5 Å². The Bertz CT molecular complexity index is 515. The van der Waals surface area contributed by atoms with Gasteiger partial charge in [0.1, 0.15) is 6.04 Å². The summed E-state index contributed by atoms with van der Waals surface area (Å²) in [7, 11) is 1.21. The van der Waals surface area contributed by atoms with E-state index in [2.05, 4.69) is 20.4 Å². The molecule has 0 aliphatic rings. The van der Waals surface area contributed by atoms with Crippen LogP contribution >= 0.6 is 0 Å². The molecule has 0 saturated heterocycles. The number of aromatic nitrogens is 1. The average molecular weight is 295 g/mol. The number of aliphatic carboxylic acids is 1. The lowest BCUT2D eigenvalue weighted by Gasteiger charge is -2.14. The molecule has 8 heteroatoms. The smallest absolute Gasteiger partial charge is 0.326 e. The highest BCUT2D eigenvalue weighted by Crippen LogP contribution is 2.06. The minimum Gasteiger partial charge on any atom is -0.480 e. The van der Waals surface area contributed by atoms with Gasteiger partial charge in [0.25, 0.3) is 0 Å². The third kappa shape index (κ3) is 5.89. The second-order valence-corrected chi connectivity index (χ2v) is 4.29. The monoisotopic (exact) mass is 295 g/mol. The maximum atomic E-state index is 11.7. The zero-order chi connectivity index (χ0) is 15.8. The van der Waals surface area contributed by atoms with Crippen molar-refractivity contribution < 1.29 is 24.2 Å². The Labute approximate surface area is 121 Å². The van der Waals surface area contributed by atoms with Crippen LogP contribution in [0.2, 0.25) is 0 Å². The molecule has 0 unspecified atom stereocenters. The molecule has 0 bridgehead atoms. The fraction of sp³-hybridized carbons (Fsp3) is 0.385. The van der Waals surface area contributed by atoms with Crippen LogP contribution < -0.4 is 10.6 Å². The summed E-state index contributed by atoms with van der Waals surface area (Å²) in [4.78, 5) is 37.7. The molecule has 21 heavy (non-hydrogen) atoms. The van der Waals surface area contributed by atoms with Gasteiger partial charge in [0.05, 0.1) is 19.0 Å². The number of nitrogens with one attached hydrogen (secondary N) is 2. The van der Waals surface area contributed by atoms with Gasteiger partial charge in [0, 0.05) is 12.1 Å². The van der Waals surface area contributed by atoms with E-state index in [0.29, 0.717) is 5.69 Å². The minimum absolute atomic E-state index is 0.0540. The van der Waals surface area contributed by atoms with Gasteiger partial charge in [-0.25, -0.2) is 9.59 Å². The maximum Gasteiger partial charge on any atom is 0.326 e. The number of hydrogen-bond donors (Lipinski definition) is 3. The molecule has 1 rings (SSSR count). The molecule has 0 fully saturated rings. The molecule has 114 valence electrons. The van der Waals surface area contributed by atoms with Crippen molar-refractivity contribution in [3.05, 3.63) is 24.0 Å². The van der Waals surface area contributed by atoms with E-state index in [0.717, 1.165) is 5.69 Å². The van der Waals surface area contributed by atoms with E-state index in [4.69, 9.17) is 5.11 Å². The summed E-state index contributed by atoms with van der Waals surface area (Å²) < 4.78 is 4.42. The Kier molecular flexibility index (Phi) is 6.12. The van der Waals surface area contributed by atoms with E-state index < -0.39 is 24.0 Å². The second kappa shape index (κ2) is 7.83. The molecule has 2 amide bonds. The van der Waals surface area contributed by atoms with E-state index in [1.165, 1.54) is 13.3 Å². The molecule has 1 atom stereocenters. The first kappa shape index (κ1) is 16.4. The number of carboxylic acid groups (broad SMARTS) is 1. The van der Waals surface area contributed by atoms with Crippen molar-refractivity contribution in [2.45, 2.75) is 25.8 Å². The van der Waals surface area contributed by atoms with Gasteiger partial charge in [-0.3, -0.25) is 9.78 Å². The highest BCUT2D eigenvalue weighted by Gasteiger charge is 2.21. The van der Waals surface area contributed by atoms with Crippen molar-refractivity contribution in [1.29, 1.82) is 0 Å². The Balaban J connectivity index is 2.54. The second-order valence-electron chi connectivity index (χ2n) is 4.29. The number of anilines is 1. The number of amides is 2. The van der Waals surface area contributed by atoms with E-state index in [1.54, 1.807) is 19.1 Å². The fourth-order valence-electron chi connectivity index (χ4n) is 1.49. The van der Waals surface area contributed by atoms with Crippen molar-refractivity contribution in [3.8, 4) is 0 Å². The van der Waals surface area contributed by atoms with Crippen molar-refractivity contribution in [2.24, 2.45) is 0 Å². The number of carboxylic acids is 1. The SMILES string of the molecule is COC(=O)CC[C@@H](NC(=O)Nc1ccc(C)nc1)C(=O)O. The number of nitrogens with zero attached hydrogens (tertiary/aromatic N) is 1. The number of ether oxygens (including phenoxy) is 1. The predicted molar refractivity (Wildman–Crippen MR) is 73.8 cm³/mol. The molecule has 8 nitrogen and oxygen atoms in total. The number of hydrogen-bond acceptors (Lipinski definition) is 5. The molecule has 3 N–H and O–H groups in total. The molecule has 1 heterocycles. The lowest BCUT2D eigenvalue weighted by molar-refractivity contribution is -0.142. The Morgan fingerprint density at radius 2 is 2.10 bits per heavy atom. The van der Waals surface area contributed by atoms with Crippen LogP contribution in [0.4, 0.5) is 10.5 Å². The van der Waals surface area contributed by atoms with Crippen molar-refractivity contribution in [3.63, 3.8) is 0 Å². The number of urea groups is 1. The summed E-state index contributed by atoms with van der Waals surface area (Å²) >= 11 is 0. The van der Waals surface area contributed by atoms with Gasteiger partial charge in [-0.05, 0) is 25.5 Å². The number of methoxy groups -OCH3 is 1. The highest BCUT2D eigenvalue weighted by atomic mass is 16.5. The average Bonchev–Trinajstić information content (AvgIpc) is 2.45.